The first kappa shape index (κ1) is 24.5. The Bertz CT molecular complexity index is 987. The number of thiazole rings is 1. The number of fused-ring (bicyclic) bond motifs is 1. The number of rotatable bonds is 8. The van der Waals surface area contributed by atoms with E-state index in [-0.39, 0.29) is 31.2 Å². The number of halogens is 2. The molecule has 1 amide bonds. The molecule has 5 rings (SSSR count). The zero-order valence-corrected chi connectivity index (χ0v) is 20.9. The molecule has 0 saturated heterocycles. The van der Waals surface area contributed by atoms with Crippen molar-refractivity contribution in [1.29, 1.82) is 0 Å². The smallest absolute Gasteiger partial charge is 0.273 e. The van der Waals surface area contributed by atoms with Gasteiger partial charge in [0.2, 0.25) is 17.7 Å². The van der Waals surface area contributed by atoms with Crippen molar-refractivity contribution >= 4 is 17.2 Å². The molecule has 35 heavy (non-hydrogen) atoms. The van der Waals surface area contributed by atoms with Crippen LogP contribution < -0.4 is 10.1 Å². The van der Waals surface area contributed by atoms with Gasteiger partial charge in [0, 0.05) is 50.2 Å². The Morgan fingerprint density at radius 3 is 2.69 bits per heavy atom. The van der Waals surface area contributed by atoms with Gasteiger partial charge in [-0.2, -0.15) is 0 Å². The Morgan fingerprint density at radius 2 is 1.97 bits per heavy atom. The van der Waals surface area contributed by atoms with E-state index in [2.05, 4.69) is 25.4 Å². The van der Waals surface area contributed by atoms with Crippen molar-refractivity contribution in [3.05, 3.63) is 22.4 Å². The summed E-state index contributed by atoms with van der Waals surface area (Å²) in [6, 6.07) is 0.227. The predicted molar refractivity (Wildman–Crippen MR) is 126 cm³/mol. The summed E-state index contributed by atoms with van der Waals surface area (Å²) in [6.45, 7) is 4.76. The van der Waals surface area contributed by atoms with Crippen molar-refractivity contribution in [1.82, 2.24) is 25.4 Å². The second kappa shape index (κ2) is 10.5. The minimum Gasteiger partial charge on any atom is -0.466 e. The Hall–Kier alpha value is -2.14. The largest absolute Gasteiger partial charge is 0.466 e. The molecule has 0 radical (unpaired) electrons. The van der Waals surface area contributed by atoms with E-state index in [1.54, 1.807) is 6.92 Å². The Kier molecular flexibility index (Phi) is 7.34. The van der Waals surface area contributed by atoms with Crippen molar-refractivity contribution in [2.24, 2.45) is 5.92 Å². The summed E-state index contributed by atoms with van der Waals surface area (Å²) in [5.41, 5.74) is 1.07. The number of hydrogen-bond donors (Lipinski definition) is 1. The number of carbonyl (C=O) groups excluding carboxylic acids is 1. The number of aryl methyl sites for hydroxylation is 1. The molecule has 0 unspecified atom stereocenters. The number of carbonyl (C=O) groups is 1. The first-order valence-corrected chi connectivity index (χ1v) is 13.5. The third-order valence-corrected chi connectivity index (χ3v) is 8.39. The summed E-state index contributed by atoms with van der Waals surface area (Å²) in [4.78, 5) is 20.6. The van der Waals surface area contributed by atoms with Gasteiger partial charge in [-0.1, -0.05) is 11.3 Å². The summed E-state index contributed by atoms with van der Waals surface area (Å²) in [6.07, 6.45) is 6.64. The lowest BCUT2D eigenvalue weighted by Gasteiger charge is -2.33. The average molecular weight is 510 g/mol. The standard InChI is InChI=1S/C24H33F2N5O3S/c1-15-29-30-22(33-15)12-21(32)27-17-4-2-16(3-5-17)6-9-31-10-7-19-20(8-11-31)35-23(28-19)34-18-13-24(25,26)14-18/h16-18H,2-14H2,1H3,(H,27,32). The van der Waals surface area contributed by atoms with E-state index in [4.69, 9.17) is 9.15 Å². The number of hydrogen-bond acceptors (Lipinski definition) is 8. The zero-order chi connectivity index (χ0) is 24.4. The number of ether oxygens (including phenoxy) is 1. The van der Waals surface area contributed by atoms with Crippen molar-refractivity contribution in [3.63, 3.8) is 0 Å². The van der Waals surface area contributed by atoms with Crippen LogP contribution in [0.15, 0.2) is 4.42 Å². The highest BCUT2D eigenvalue weighted by Gasteiger charge is 2.47. The van der Waals surface area contributed by atoms with Crippen LogP contribution >= 0.6 is 11.3 Å². The topological polar surface area (TPSA) is 93.4 Å². The number of aromatic nitrogens is 3. The van der Waals surface area contributed by atoms with Gasteiger partial charge in [-0.3, -0.25) is 4.79 Å². The molecule has 1 N–H and O–H groups in total. The Morgan fingerprint density at radius 1 is 1.20 bits per heavy atom. The lowest BCUT2D eigenvalue weighted by molar-refractivity contribution is -0.134. The van der Waals surface area contributed by atoms with Gasteiger partial charge >= 0.3 is 0 Å². The van der Waals surface area contributed by atoms with Crippen LogP contribution in [0.1, 0.15) is 67.3 Å². The summed E-state index contributed by atoms with van der Waals surface area (Å²) in [5.74, 6) is -1.09. The molecule has 11 heteroatoms. The molecular weight excluding hydrogens is 476 g/mol. The molecule has 1 aliphatic heterocycles. The van der Waals surface area contributed by atoms with Gasteiger partial charge in [0.1, 0.15) is 12.5 Å². The van der Waals surface area contributed by atoms with Crippen molar-refractivity contribution < 1.29 is 22.7 Å². The molecule has 2 fully saturated rings. The lowest BCUT2D eigenvalue weighted by atomic mass is 9.84. The van der Waals surface area contributed by atoms with Crippen molar-refractivity contribution in [3.8, 4) is 5.19 Å². The molecule has 8 nitrogen and oxygen atoms in total. The van der Waals surface area contributed by atoms with Crippen LogP contribution in [0.3, 0.4) is 0 Å². The normalized spacial score (nSPS) is 24.9. The summed E-state index contributed by atoms with van der Waals surface area (Å²) >= 11 is 1.53. The van der Waals surface area contributed by atoms with Crippen LogP contribution in [0.2, 0.25) is 0 Å². The maximum atomic E-state index is 13.0. The third kappa shape index (κ3) is 6.55. The van der Waals surface area contributed by atoms with Gasteiger partial charge in [0.25, 0.3) is 11.1 Å². The van der Waals surface area contributed by atoms with Crippen LogP contribution in [-0.2, 0) is 24.1 Å². The molecular formula is C24H33F2N5O3S. The van der Waals surface area contributed by atoms with Crippen LogP contribution in [0, 0.1) is 12.8 Å². The van der Waals surface area contributed by atoms with E-state index in [9.17, 15) is 13.6 Å². The van der Waals surface area contributed by atoms with Crippen LogP contribution in [0.4, 0.5) is 8.78 Å². The second-order valence-electron chi connectivity index (χ2n) is 10.2. The van der Waals surface area contributed by atoms with E-state index in [1.165, 1.54) is 22.6 Å². The SMILES string of the molecule is Cc1nnc(CC(=O)NC2CCC(CCN3CCc4nc(OC5CC(F)(F)C5)sc4CC3)CC2)o1. The number of alkyl halides is 2. The monoisotopic (exact) mass is 509 g/mol. The first-order valence-electron chi connectivity index (χ1n) is 12.6. The van der Waals surface area contributed by atoms with Crippen LogP contribution in [-0.4, -0.2) is 63.7 Å². The van der Waals surface area contributed by atoms with E-state index in [1.807, 2.05) is 0 Å². The third-order valence-electron chi connectivity index (χ3n) is 7.34. The number of nitrogens with zero attached hydrogens (tertiary/aromatic N) is 4. The summed E-state index contributed by atoms with van der Waals surface area (Å²) in [7, 11) is 0. The lowest BCUT2D eigenvalue weighted by Crippen LogP contribution is -2.43. The Labute approximate surface area is 207 Å². The van der Waals surface area contributed by atoms with E-state index < -0.39 is 12.0 Å². The quantitative estimate of drug-likeness (QED) is 0.580. The molecule has 0 bridgehead atoms. The minimum absolute atomic E-state index is 0.0538. The molecule has 2 aromatic heterocycles. The molecule has 2 aromatic rings. The molecule has 0 spiro atoms. The molecule has 2 saturated carbocycles. The highest BCUT2D eigenvalue weighted by molar-refractivity contribution is 7.13. The molecule has 3 aliphatic rings. The average Bonchev–Trinajstić information content (AvgIpc) is 3.32. The summed E-state index contributed by atoms with van der Waals surface area (Å²) < 4.78 is 37.0. The fourth-order valence-corrected chi connectivity index (χ4v) is 6.29. The molecule has 3 heterocycles. The minimum atomic E-state index is -2.57. The van der Waals surface area contributed by atoms with Crippen LogP contribution in [0.5, 0.6) is 5.19 Å². The first-order chi connectivity index (χ1) is 16.8. The fourth-order valence-electron chi connectivity index (χ4n) is 5.28. The summed E-state index contributed by atoms with van der Waals surface area (Å²) in [5, 5.41) is 11.3. The van der Waals surface area contributed by atoms with Crippen molar-refractivity contribution in [2.75, 3.05) is 19.6 Å². The molecule has 0 aromatic carbocycles. The van der Waals surface area contributed by atoms with Gasteiger partial charge in [-0.25, -0.2) is 13.8 Å². The van der Waals surface area contributed by atoms with E-state index in [0.29, 0.717) is 22.9 Å². The van der Waals surface area contributed by atoms with Crippen LogP contribution in [0.25, 0.3) is 0 Å². The maximum absolute atomic E-state index is 13.0. The van der Waals surface area contributed by atoms with Gasteiger partial charge < -0.3 is 19.4 Å². The maximum Gasteiger partial charge on any atom is 0.273 e. The zero-order valence-electron chi connectivity index (χ0n) is 20.1. The Balaban J connectivity index is 0.987. The van der Waals surface area contributed by atoms with Crippen molar-refractivity contribution in [2.45, 2.75) is 89.2 Å². The molecule has 192 valence electrons. The highest BCUT2D eigenvalue weighted by Crippen LogP contribution is 2.41. The van der Waals surface area contributed by atoms with E-state index >= 15 is 0 Å². The van der Waals surface area contributed by atoms with E-state index in [0.717, 1.165) is 63.9 Å². The molecule has 0 atom stereocenters. The number of amides is 1. The second-order valence-corrected chi connectivity index (χ2v) is 11.2. The number of nitrogens with one attached hydrogen (secondary N) is 1. The van der Waals surface area contributed by atoms with Gasteiger partial charge in [-0.15, -0.1) is 10.2 Å². The highest BCUT2D eigenvalue weighted by atomic mass is 32.1. The predicted octanol–water partition coefficient (Wildman–Crippen LogP) is 3.72. The molecule has 2 aliphatic carbocycles. The van der Waals surface area contributed by atoms with Gasteiger partial charge in [0.15, 0.2) is 0 Å². The fraction of sp³-hybridized carbons (Fsp3) is 0.750. The van der Waals surface area contributed by atoms with Gasteiger partial charge in [-0.05, 0) is 51.0 Å². The van der Waals surface area contributed by atoms with Gasteiger partial charge in [0.05, 0.1) is 5.69 Å².